The van der Waals surface area contributed by atoms with Gasteiger partial charge in [0.2, 0.25) is 5.91 Å². The molecule has 30 heavy (non-hydrogen) atoms. The van der Waals surface area contributed by atoms with Crippen molar-refractivity contribution in [2.45, 2.75) is 26.3 Å². The number of esters is 1. The summed E-state index contributed by atoms with van der Waals surface area (Å²) in [7, 11) is 2.99. The van der Waals surface area contributed by atoms with Gasteiger partial charge in [0.25, 0.3) is 0 Å². The van der Waals surface area contributed by atoms with Crippen molar-refractivity contribution in [3.8, 4) is 5.75 Å². The minimum Gasteiger partial charge on any atom is -0.497 e. The van der Waals surface area contributed by atoms with E-state index in [9.17, 15) is 9.59 Å². The zero-order valence-corrected chi connectivity index (χ0v) is 17.9. The molecule has 1 heterocycles. The number of carbonyl (C=O) groups excluding carboxylic acids is 2. The van der Waals surface area contributed by atoms with E-state index in [0.717, 1.165) is 17.9 Å². The molecule has 6 nitrogen and oxygen atoms in total. The van der Waals surface area contributed by atoms with Crippen LogP contribution in [0.25, 0.3) is 0 Å². The number of rotatable bonds is 9. The molecule has 1 aliphatic heterocycles. The van der Waals surface area contributed by atoms with Gasteiger partial charge in [0.1, 0.15) is 5.75 Å². The van der Waals surface area contributed by atoms with Crippen molar-refractivity contribution < 1.29 is 19.1 Å². The molecule has 0 radical (unpaired) electrons. The maximum absolute atomic E-state index is 13.1. The number of aryl methyl sites for hydroxylation is 1. The molecule has 0 bridgehead atoms. The van der Waals surface area contributed by atoms with Crippen LogP contribution in [-0.4, -0.2) is 50.6 Å². The zero-order chi connectivity index (χ0) is 21.6. The molecule has 6 heteroatoms. The van der Waals surface area contributed by atoms with Crippen LogP contribution in [0.5, 0.6) is 5.75 Å². The van der Waals surface area contributed by atoms with E-state index in [1.165, 1.54) is 18.2 Å². The van der Waals surface area contributed by atoms with E-state index < -0.39 is 5.41 Å². The molecule has 1 aliphatic rings. The van der Waals surface area contributed by atoms with Crippen LogP contribution in [0.2, 0.25) is 0 Å². The van der Waals surface area contributed by atoms with Crippen LogP contribution in [-0.2, 0) is 27.3 Å². The summed E-state index contributed by atoms with van der Waals surface area (Å²) in [6.07, 6.45) is 0.795. The van der Waals surface area contributed by atoms with Crippen molar-refractivity contribution >= 4 is 11.9 Å². The molecule has 0 unspecified atom stereocenters. The monoisotopic (exact) mass is 410 g/mol. The highest BCUT2D eigenvalue weighted by Crippen LogP contribution is 2.36. The Kier molecular flexibility index (Phi) is 7.11. The van der Waals surface area contributed by atoms with Crippen molar-refractivity contribution in [1.82, 2.24) is 10.2 Å². The third-order valence-corrected chi connectivity index (χ3v) is 5.71. The second-order valence-corrected chi connectivity index (χ2v) is 7.96. The lowest BCUT2D eigenvalue weighted by atomic mass is 9.73. The van der Waals surface area contributed by atoms with E-state index in [0.29, 0.717) is 19.5 Å². The predicted molar refractivity (Wildman–Crippen MR) is 115 cm³/mol. The molecule has 0 atom stereocenters. The second-order valence-electron chi connectivity index (χ2n) is 7.96. The van der Waals surface area contributed by atoms with E-state index >= 15 is 0 Å². The Bertz CT molecular complexity index is 890. The van der Waals surface area contributed by atoms with Crippen LogP contribution < -0.4 is 10.1 Å². The first kappa shape index (κ1) is 21.8. The number of hydrogen-bond donors (Lipinski definition) is 1. The Hall–Kier alpha value is -2.86. The highest BCUT2D eigenvalue weighted by molar-refractivity contribution is 5.85. The number of ether oxygens (including phenoxy) is 2. The van der Waals surface area contributed by atoms with Crippen molar-refractivity contribution in [2.75, 3.05) is 33.9 Å². The minimum absolute atomic E-state index is 0.0183. The van der Waals surface area contributed by atoms with Crippen molar-refractivity contribution in [2.24, 2.45) is 5.41 Å². The first-order chi connectivity index (χ1) is 14.5. The Balaban J connectivity index is 1.70. The fraction of sp³-hybridized carbons (Fsp3) is 0.417. The molecule has 0 aliphatic carbocycles. The topological polar surface area (TPSA) is 67.9 Å². The third-order valence-electron chi connectivity index (χ3n) is 5.71. The van der Waals surface area contributed by atoms with E-state index in [4.69, 9.17) is 4.74 Å². The Morgan fingerprint density at radius 1 is 1.10 bits per heavy atom. The fourth-order valence-electron chi connectivity index (χ4n) is 4.03. The molecule has 0 spiro atoms. The van der Waals surface area contributed by atoms with Gasteiger partial charge in [-0.2, -0.15) is 0 Å². The smallest absolute Gasteiger partial charge is 0.307 e. The summed E-state index contributed by atoms with van der Waals surface area (Å²) in [6, 6.07) is 16.2. The summed E-state index contributed by atoms with van der Waals surface area (Å²) in [5.74, 6) is 0.437. The van der Waals surface area contributed by atoms with Gasteiger partial charge in [-0.25, -0.2) is 0 Å². The second kappa shape index (κ2) is 9.76. The van der Waals surface area contributed by atoms with Crippen LogP contribution in [0.4, 0.5) is 0 Å². The lowest BCUT2D eigenvalue weighted by Crippen LogP contribution is -2.63. The summed E-state index contributed by atoms with van der Waals surface area (Å²) >= 11 is 0. The molecule has 1 saturated heterocycles. The number of hydrogen-bond acceptors (Lipinski definition) is 5. The van der Waals surface area contributed by atoms with Gasteiger partial charge < -0.3 is 14.8 Å². The van der Waals surface area contributed by atoms with Crippen LogP contribution in [0.3, 0.4) is 0 Å². The first-order valence-corrected chi connectivity index (χ1v) is 10.2. The standard InChI is InChI=1S/C24H30N2O4/c1-18-7-4-5-9-20(18)15-26-16-24(17-26,23(28)25-12-11-22(27)30-3)14-19-8-6-10-21(13-19)29-2/h4-10,13H,11-12,14-17H2,1-3H3,(H,25,28). The first-order valence-electron chi connectivity index (χ1n) is 10.2. The van der Waals surface area contributed by atoms with Crippen LogP contribution in [0.1, 0.15) is 23.1 Å². The maximum atomic E-state index is 13.1. The molecule has 1 fully saturated rings. The van der Waals surface area contributed by atoms with Gasteiger partial charge in [-0.15, -0.1) is 0 Å². The summed E-state index contributed by atoms with van der Waals surface area (Å²) < 4.78 is 10.00. The molecule has 0 aromatic heterocycles. The molecule has 2 aromatic carbocycles. The molecular weight excluding hydrogens is 380 g/mol. The van der Waals surface area contributed by atoms with Gasteiger partial charge in [-0.05, 0) is 42.2 Å². The average Bonchev–Trinajstić information content (AvgIpc) is 2.73. The lowest BCUT2D eigenvalue weighted by Gasteiger charge is -2.49. The molecular formula is C24H30N2O4. The number of nitrogens with zero attached hydrogens (tertiary/aromatic N) is 1. The minimum atomic E-state index is -0.523. The lowest BCUT2D eigenvalue weighted by molar-refractivity contribution is -0.143. The molecule has 2 aromatic rings. The predicted octanol–water partition coefficient (Wildman–Crippen LogP) is 2.73. The number of likely N-dealkylation sites (tertiary alicyclic amines) is 1. The Morgan fingerprint density at radius 2 is 1.87 bits per heavy atom. The zero-order valence-electron chi connectivity index (χ0n) is 17.9. The molecule has 3 rings (SSSR count). The SMILES string of the molecule is COC(=O)CCNC(=O)C1(Cc2cccc(OC)c2)CN(Cc2ccccc2C)C1. The van der Waals surface area contributed by atoms with Gasteiger partial charge in [0.15, 0.2) is 0 Å². The summed E-state index contributed by atoms with van der Waals surface area (Å²) in [4.78, 5) is 26.8. The van der Waals surface area contributed by atoms with Gasteiger partial charge in [-0.1, -0.05) is 36.4 Å². The summed E-state index contributed by atoms with van der Waals surface area (Å²) in [5.41, 5.74) is 3.07. The highest BCUT2D eigenvalue weighted by atomic mass is 16.5. The maximum Gasteiger partial charge on any atom is 0.307 e. The van der Waals surface area contributed by atoms with Gasteiger partial charge in [-0.3, -0.25) is 14.5 Å². The summed E-state index contributed by atoms with van der Waals surface area (Å²) in [5, 5.41) is 2.94. The fourth-order valence-corrected chi connectivity index (χ4v) is 4.03. The molecule has 160 valence electrons. The van der Waals surface area contributed by atoms with E-state index in [1.807, 2.05) is 36.4 Å². The number of methoxy groups -OCH3 is 2. The Labute approximate surface area is 178 Å². The normalized spacial score (nSPS) is 15.2. The van der Waals surface area contributed by atoms with E-state index in [1.54, 1.807) is 7.11 Å². The van der Waals surface area contributed by atoms with Gasteiger partial charge in [0, 0.05) is 26.2 Å². The third kappa shape index (κ3) is 5.19. The van der Waals surface area contributed by atoms with Gasteiger partial charge >= 0.3 is 5.97 Å². The molecule has 1 amide bonds. The largest absolute Gasteiger partial charge is 0.497 e. The number of amides is 1. The van der Waals surface area contributed by atoms with E-state index in [2.05, 4.69) is 34.0 Å². The average molecular weight is 411 g/mol. The quantitative estimate of drug-likeness (QED) is 0.644. The van der Waals surface area contributed by atoms with Crippen molar-refractivity contribution in [3.63, 3.8) is 0 Å². The van der Waals surface area contributed by atoms with Gasteiger partial charge in [0.05, 0.1) is 26.1 Å². The van der Waals surface area contributed by atoms with Crippen molar-refractivity contribution in [1.29, 1.82) is 0 Å². The van der Waals surface area contributed by atoms with Crippen LogP contribution >= 0.6 is 0 Å². The van der Waals surface area contributed by atoms with E-state index in [-0.39, 0.29) is 24.8 Å². The Morgan fingerprint density at radius 3 is 2.57 bits per heavy atom. The summed E-state index contributed by atoms with van der Waals surface area (Å²) in [6.45, 7) is 4.55. The molecule has 1 N–H and O–H groups in total. The highest BCUT2D eigenvalue weighted by Gasteiger charge is 2.48. The van der Waals surface area contributed by atoms with Crippen LogP contribution in [0.15, 0.2) is 48.5 Å². The van der Waals surface area contributed by atoms with Crippen molar-refractivity contribution in [3.05, 3.63) is 65.2 Å². The number of carbonyl (C=O) groups is 2. The van der Waals surface area contributed by atoms with Crippen LogP contribution in [0, 0.1) is 12.3 Å². The number of nitrogens with one attached hydrogen (secondary N) is 1. The molecule has 0 saturated carbocycles. The number of benzene rings is 2.